The van der Waals surface area contributed by atoms with Gasteiger partial charge in [-0.3, -0.25) is 5.43 Å². The van der Waals surface area contributed by atoms with Gasteiger partial charge in [-0.15, -0.1) is 0 Å². The van der Waals surface area contributed by atoms with Crippen LogP contribution in [0.5, 0.6) is 0 Å². The molecule has 0 fully saturated rings. The monoisotopic (exact) mass is 255 g/mol. The number of fused-ring (bicyclic) bond motifs is 1. The van der Waals surface area contributed by atoms with E-state index in [9.17, 15) is 0 Å². The number of nitrogens with one attached hydrogen (secondary N) is 1. The van der Waals surface area contributed by atoms with Crippen molar-refractivity contribution in [3.05, 3.63) is 48.0 Å². The summed E-state index contributed by atoms with van der Waals surface area (Å²) in [4.78, 5) is 2.04. The lowest BCUT2D eigenvalue weighted by atomic mass is 10.1. The van der Waals surface area contributed by atoms with Crippen molar-refractivity contribution in [3.8, 4) is 0 Å². The molecule has 4 heteroatoms. The average Bonchev–Trinajstić information content (AvgIpc) is 2.79. The van der Waals surface area contributed by atoms with Crippen molar-refractivity contribution < 1.29 is 0 Å². The zero-order valence-electron chi connectivity index (χ0n) is 10.00. The van der Waals surface area contributed by atoms with Crippen LogP contribution in [0.3, 0.4) is 0 Å². The van der Waals surface area contributed by atoms with Crippen LogP contribution < -0.4 is 5.43 Å². The normalized spacial score (nSPS) is 18.6. The number of hydrogen-bond donors (Lipinski definition) is 1. The molecule has 3 nitrogen and oxygen atoms in total. The first-order valence-electron chi connectivity index (χ1n) is 5.80. The standard InChI is InChI=1S/C14H13N3S/c1-17-13(9-18)15-16-14(17)12-7-6-10-4-2-3-5-11(10)8-12/h2-9,13,15H,1H3. The highest BCUT2D eigenvalue weighted by atomic mass is 32.1. The van der Waals surface area contributed by atoms with Crippen LogP contribution in [0.2, 0.25) is 0 Å². The molecule has 0 aliphatic carbocycles. The van der Waals surface area contributed by atoms with Gasteiger partial charge in [0.1, 0.15) is 6.17 Å². The molecule has 2 aromatic rings. The van der Waals surface area contributed by atoms with E-state index in [0.717, 1.165) is 11.4 Å². The van der Waals surface area contributed by atoms with Crippen LogP contribution in [0.15, 0.2) is 47.6 Å². The Hall–Kier alpha value is -1.94. The maximum absolute atomic E-state index is 4.97. The minimum Gasteiger partial charge on any atom is -0.332 e. The van der Waals surface area contributed by atoms with Crippen LogP contribution in [0.4, 0.5) is 0 Å². The predicted molar refractivity (Wildman–Crippen MR) is 78.8 cm³/mol. The van der Waals surface area contributed by atoms with Gasteiger partial charge in [-0.1, -0.05) is 48.6 Å². The van der Waals surface area contributed by atoms with E-state index in [1.54, 1.807) is 5.37 Å². The summed E-state index contributed by atoms with van der Waals surface area (Å²) in [5.74, 6) is 0.923. The lowest BCUT2D eigenvalue weighted by molar-refractivity contribution is 0.447. The van der Waals surface area contributed by atoms with Gasteiger partial charge in [0.2, 0.25) is 0 Å². The van der Waals surface area contributed by atoms with Crippen LogP contribution in [0, 0.1) is 0 Å². The maximum atomic E-state index is 4.97. The molecule has 18 heavy (non-hydrogen) atoms. The van der Waals surface area contributed by atoms with Crippen LogP contribution >= 0.6 is 12.2 Å². The molecule has 1 aliphatic heterocycles. The summed E-state index contributed by atoms with van der Waals surface area (Å²) in [6.07, 6.45) is 0.00136. The van der Waals surface area contributed by atoms with Crippen molar-refractivity contribution in [3.63, 3.8) is 0 Å². The molecule has 0 radical (unpaired) electrons. The first-order chi connectivity index (χ1) is 8.79. The summed E-state index contributed by atoms with van der Waals surface area (Å²) in [6, 6.07) is 14.7. The predicted octanol–water partition coefficient (Wildman–Crippen LogP) is 2.36. The highest BCUT2D eigenvalue weighted by Gasteiger charge is 2.22. The number of rotatable bonds is 2. The van der Waals surface area contributed by atoms with E-state index in [4.69, 9.17) is 12.2 Å². The third kappa shape index (κ3) is 1.75. The molecule has 0 aromatic heterocycles. The number of thiocarbonyl (C=S) groups is 1. The Morgan fingerprint density at radius 2 is 2.00 bits per heavy atom. The molecule has 1 unspecified atom stereocenters. The lowest BCUT2D eigenvalue weighted by Gasteiger charge is -2.18. The fourth-order valence-electron chi connectivity index (χ4n) is 2.14. The topological polar surface area (TPSA) is 27.6 Å². The Morgan fingerprint density at radius 1 is 1.22 bits per heavy atom. The van der Waals surface area contributed by atoms with Crippen molar-refractivity contribution in [1.82, 2.24) is 10.3 Å². The molecular formula is C14H13N3S. The van der Waals surface area contributed by atoms with Gasteiger partial charge in [0, 0.05) is 18.0 Å². The Labute approximate surface area is 111 Å². The molecule has 2 aromatic carbocycles. The maximum Gasteiger partial charge on any atom is 0.157 e. The highest BCUT2D eigenvalue weighted by Crippen LogP contribution is 2.18. The summed E-state index contributed by atoms with van der Waals surface area (Å²) in [5.41, 5.74) is 4.11. The minimum absolute atomic E-state index is 0.00136. The summed E-state index contributed by atoms with van der Waals surface area (Å²) in [6.45, 7) is 0. The Morgan fingerprint density at radius 3 is 2.72 bits per heavy atom. The second kappa shape index (κ2) is 4.38. The van der Waals surface area contributed by atoms with Crippen molar-refractivity contribution in [2.75, 3.05) is 7.05 Å². The number of hydrogen-bond acceptors (Lipinski definition) is 4. The van der Waals surface area contributed by atoms with E-state index < -0.39 is 0 Å². The van der Waals surface area contributed by atoms with Crippen LogP contribution in [0.25, 0.3) is 10.8 Å². The fraction of sp³-hybridized carbons (Fsp3) is 0.143. The van der Waals surface area contributed by atoms with Gasteiger partial charge in [0.25, 0.3) is 0 Å². The van der Waals surface area contributed by atoms with Gasteiger partial charge in [0.05, 0.1) is 0 Å². The SMILES string of the molecule is CN1C(c2ccc3ccccc3c2)=NNC1C=S. The average molecular weight is 255 g/mol. The molecule has 1 atom stereocenters. The summed E-state index contributed by atoms with van der Waals surface area (Å²) in [7, 11) is 1.99. The Bertz CT molecular complexity index is 636. The minimum atomic E-state index is 0.00136. The summed E-state index contributed by atoms with van der Waals surface area (Å²) >= 11 is 4.97. The van der Waals surface area contributed by atoms with Gasteiger partial charge < -0.3 is 4.90 Å². The number of amidine groups is 1. The zero-order chi connectivity index (χ0) is 12.5. The van der Waals surface area contributed by atoms with Crippen molar-refractivity contribution >= 4 is 34.2 Å². The first kappa shape index (κ1) is 11.2. The highest BCUT2D eigenvalue weighted by molar-refractivity contribution is 7.79. The van der Waals surface area contributed by atoms with Gasteiger partial charge in [-0.2, -0.15) is 5.10 Å². The molecule has 1 aliphatic rings. The van der Waals surface area contributed by atoms with E-state index in [1.165, 1.54) is 10.8 Å². The smallest absolute Gasteiger partial charge is 0.157 e. The van der Waals surface area contributed by atoms with Crippen molar-refractivity contribution in [1.29, 1.82) is 0 Å². The largest absolute Gasteiger partial charge is 0.332 e. The number of hydrazone groups is 1. The van der Waals surface area contributed by atoms with Gasteiger partial charge in [0.15, 0.2) is 5.84 Å². The zero-order valence-corrected chi connectivity index (χ0v) is 10.8. The van der Waals surface area contributed by atoms with E-state index >= 15 is 0 Å². The number of nitrogens with zero attached hydrogens (tertiary/aromatic N) is 2. The van der Waals surface area contributed by atoms with E-state index in [-0.39, 0.29) is 6.17 Å². The first-order valence-corrected chi connectivity index (χ1v) is 6.27. The van der Waals surface area contributed by atoms with Crippen molar-refractivity contribution in [2.45, 2.75) is 6.17 Å². The Balaban J connectivity index is 2.03. The quantitative estimate of drug-likeness (QED) is 0.835. The molecular weight excluding hydrogens is 242 g/mol. The Kier molecular flexibility index (Phi) is 2.72. The third-order valence-electron chi connectivity index (χ3n) is 3.19. The second-order valence-corrected chi connectivity index (χ2v) is 4.59. The van der Waals surface area contributed by atoms with Crippen molar-refractivity contribution in [2.24, 2.45) is 5.10 Å². The summed E-state index contributed by atoms with van der Waals surface area (Å²) in [5, 5.41) is 8.48. The molecule has 0 saturated carbocycles. The molecule has 3 rings (SSSR count). The molecule has 90 valence electrons. The third-order valence-corrected chi connectivity index (χ3v) is 3.45. The van der Waals surface area contributed by atoms with Gasteiger partial charge in [-0.25, -0.2) is 0 Å². The van der Waals surface area contributed by atoms with E-state index in [1.807, 2.05) is 24.1 Å². The van der Waals surface area contributed by atoms with Gasteiger partial charge in [-0.05, 0) is 16.8 Å². The van der Waals surface area contributed by atoms with Gasteiger partial charge >= 0.3 is 0 Å². The lowest BCUT2D eigenvalue weighted by Crippen LogP contribution is -2.37. The molecule has 1 heterocycles. The number of benzene rings is 2. The second-order valence-electron chi connectivity index (χ2n) is 4.32. The van der Waals surface area contributed by atoms with Crippen LogP contribution in [0.1, 0.15) is 5.56 Å². The molecule has 0 amide bonds. The molecule has 0 saturated heterocycles. The van der Waals surface area contributed by atoms with Crippen LogP contribution in [-0.4, -0.2) is 29.3 Å². The molecule has 1 N–H and O–H groups in total. The summed E-state index contributed by atoms with van der Waals surface area (Å²) < 4.78 is 0. The molecule has 0 spiro atoms. The van der Waals surface area contributed by atoms with Crippen LogP contribution in [-0.2, 0) is 0 Å². The van der Waals surface area contributed by atoms with E-state index in [2.05, 4.69) is 40.9 Å². The van der Waals surface area contributed by atoms with E-state index in [0.29, 0.717) is 0 Å². The molecule has 0 bridgehead atoms. The fourth-order valence-corrected chi connectivity index (χ4v) is 2.39.